The SMILES string of the molecule is CC1(C)c2ccccc2-c2cc3c(cc21)-c1c(cc(N2c4ccccc4C(c4ccccc4)c4ccccc42)c2ccccc12)C3(C)C. The van der Waals surface area contributed by atoms with Gasteiger partial charge in [-0.3, -0.25) is 0 Å². The first kappa shape index (κ1) is 27.7. The van der Waals surface area contributed by atoms with Crippen molar-refractivity contribution in [2.75, 3.05) is 4.90 Å². The first-order chi connectivity index (χ1) is 23.4. The molecule has 10 rings (SSSR count). The molecule has 1 nitrogen and oxygen atoms in total. The quantitative estimate of drug-likeness (QED) is 0.187. The number of fused-ring (bicyclic) bond motifs is 10. The largest absolute Gasteiger partial charge is 0.309 e. The first-order valence-corrected chi connectivity index (χ1v) is 17.2. The Balaban J connectivity index is 1.24. The lowest BCUT2D eigenvalue weighted by atomic mass is 9.78. The third-order valence-electron chi connectivity index (χ3n) is 11.7. The van der Waals surface area contributed by atoms with Crippen LogP contribution in [0.1, 0.15) is 72.6 Å². The Labute approximate surface area is 283 Å². The van der Waals surface area contributed by atoms with E-state index < -0.39 is 0 Å². The Morgan fingerprint density at radius 1 is 0.417 bits per heavy atom. The van der Waals surface area contributed by atoms with Crippen molar-refractivity contribution in [2.45, 2.75) is 44.4 Å². The summed E-state index contributed by atoms with van der Waals surface area (Å²) >= 11 is 0. The third-order valence-corrected chi connectivity index (χ3v) is 11.7. The Kier molecular flexibility index (Phi) is 5.53. The molecule has 1 heteroatoms. The van der Waals surface area contributed by atoms with E-state index in [0.29, 0.717) is 0 Å². The second-order valence-electron chi connectivity index (χ2n) is 14.9. The highest BCUT2D eigenvalue weighted by atomic mass is 15.2. The van der Waals surface area contributed by atoms with Crippen LogP contribution in [-0.4, -0.2) is 0 Å². The molecule has 7 aromatic rings. The standard InChI is InChI=1S/C47H37N/c1-46(2)37-23-13-10-18-30(37)35-26-39-36(27-38(35)46)45-32-20-9-8-19-31(32)43(28-40(45)47(39,3)4)48-41-24-14-11-21-33(41)44(29-16-6-5-7-17-29)34-22-12-15-25-42(34)48/h5-28,44H,1-4H3. The highest BCUT2D eigenvalue weighted by Gasteiger charge is 2.43. The molecule has 0 saturated carbocycles. The average molecular weight is 616 g/mol. The van der Waals surface area contributed by atoms with E-state index in [0.717, 1.165) is 0 Å². The van der Waals surface area contributed by atoms with Gasteiger partial charge in [0.05, 0.1) is 17.1 Å². The van der Waals surface area contributed by atoms with Gasteiger partial charge in [-0.25, -0.2) is 0 Å². The van der Waals surface area contributed by atoms with Crippen LogP contribution in [0.3, 0.4) is 0 Å². The van der Waals surface area contributed by atoms with E-state index in [1.807, 2.05) is 0 Å². The molecule has 0 amide bonds. The predicted molar refractivity (Wildman–Crippen MR) is 201 cm³/mol. The van der Waals surface area contributed by atoms with Crippen LogP contribution >= 0.6 is 0 Å². The van der Waals surface area contributed by atoms with E-state index in [1.54, 1.807) is 0 Å². The van der Waals surface area contributed by atoms with Crippen LogP contribution in [0.5, 0.6) is 0 Å². The second kappa shape index (κ2) is 9.58. The van der Waals surface area contributed by atoms with Crippen LogP contribution in [0.4, 0.5) is 17.1 Å². The number of rotatable bonds is 2. The maximum Gasteiger partial charge on any atom is 0.0543 e. The zero-order chi connectivity index (χ0) is 32.4. The molecule has 1 heterocycles. The normalized spacial score (nSPS) is 16.1. The zero-order valence-electron chi connectivity index (χ0n) is 27.9. The van der Waals surface area contributed by atoms with Crippen molar-refractivity contribution in [3.05, 3.63) is 185 Å². The highest BCUT2D eigenvalue weighted by molar-refractivity contribution is 6.11. The lowest BCUT2D eigenvalue weighted by Gasteiger charge is -2.39. The number of hydrogen-bond acceptors (Lipinski definition) is 1. The van der Waals surface area contributed by atoms with Crippen LogP contribution in [0.2, 0.25) is 0 Å². The second-order valence-corrected chi connectivity index (χ2v) is 14.9. The fourth-order valence-electron chi connectivity index (χ4n) is 9.37. The lowest BCUT2D eigenvalue weighted by Crippen LogP contribution is -2.23. The Hall–Kier alpha value is -5.40. The van der Waals surface area contributed by atoms with Crippen molar-refractivity contribution in [3.63, 3.8) is 0 Å². The molecule has 0 fully saturated rings. The number of anilines is 3. The van der Waals surface area contributed by atoms with E-state index in [-0.39, 0.29) is 16.7 Å². The van der Waals surface area contributed by atoms with E-state index in [2.05, 4.69) is 178 Å². The molecule has 48 heavy (non-hydrogen) atoms. The van der Waals surface area contributed by atoms with Gasteiger partial charge >= 0.3 is 0 Å². The van der Waals surface area contributed by atoms with E-state index in [4.69, 9.17) is 0 Å². The summed E-state index contributed by atoms with van der Waals surface area (Å²) in [6.45, 7) is 9.64. The summed E-state index contributed by atoms with van der Waals surface area (Å²) in [6, 6.07) is 54.7. The molecular formula is C47H37N. The van der Waals surface area contributed by atoms with Crippen molar-refractivity contribution >= 4 is 27.8 Å². The minimum absolute atomic E-state index is 0.0416. The molecule has 0 saturated heterocycles. The summed E-state index contributed by atoms with van der Waals surface area (Å²) in [7, 11) is 0. The lowest BCUT2D eigenvalue weighted by molar-refractivity contribution is 0.652. The van der Waals surface area contributed by atoms with Gasteiger partial charge in [0.2, 0.25) is 0 Å². The Bertz CT molecular complexity index is 2420. The molecule has 0 radical (unpaired) electrons. The highest BCUT2D eigenvalue weighted by Crippen LogP contribution is 2.60. The molecule has 0 spiro atoms. The van der Waals surface area contributed by atoms with Gasteiger partial charge in [-0.05, 0) is 96.9 Å². The van der Waals surface area contributed by atoms with Crippen molar-refractivity contribution in [2.24, 2.45) is 0 Å². The van der Waals surface area contributed by atoms with Gasteiger partial charge in [0, 0.05) is 22.1 Å². The average Bonchev–Trinajstić information content (AvgIpc) is 3.49. The summed E-state index contributed by atoms with van der Waals surface area (Å²) in [4.78, 5) is 2.55. The molecular weight excluding hydrogens is 579 g/mol. The molecule has 0 atom stereocenters. The minimum Gasteiger partial charge on any atom is -0.309 e. The Morgan fingerprint density at radius 3 is 1.69 bits per heavy atom. The van der Waals surface area contributed by atoms with E-state index in [1.165, 1.54) is 89.0 Å². The van der Waals surface area contributed by atoms with Crippen molar-refractivity contribution in [1.82, 2.24) is 0 Å². The molecule has 230 valence electrons. The van der Waals surface area contributed by atoms with Crippen LogP contribution in [-0.2, 0) is 10.8 Å². The molecule has 0 N–H and O–H groups in total. The maximum atomic E-state index is 2.55. The molecule has 1 aliphatic heterocycles. The van der Waals surface area contributed by atoms with E-state index >= 15 is 0 Å². The van der Waals surface area contributed by atoms with Crippen LogP contribution in [0, 0.1) is 0 Å². The summed E-state index contributed by atoms with van der Waals surface area (Å²) in [5.41, 5.74) is 18.8. The third kappa shape index (κ3) is 3.51. The molecule has 0 unspecified atom stereocenters. The van der Waals surface area contributed by atoms with E-state index in [9.17, 15) is 0 Å². The van der Waals surface area contributed by atoms with Gasteiger partial charge < -0.3 is 4.90 Å². The summed E-state index contributed by atoms with van der Waals surface area (Å²) in [6.07, 6.45) is 0. The topological polar surface area (TPSA) is 3.24 Å². The van der Waals surface area contributed by atoms with Gasteiger partial charge in [-0.15, -0.1) is 0 Å². The zero-order valence-corrected chi connectivity index (χ0v) is 27.9. The summed E-state index contributed by atoms with van der Waals surface area (Å²) < 4.78 is 0. The fraction of sp³-hybridized carbons (Fsp3) is 0.149. The first-order valence-electron chi connectivity index (χ1n) is 17.2. The summed E-state index contributed by atoms with van der Waals surface area (Å²) in [5, 5.41) is 2.61. The molecule has 0 bridgehead atoms. The molecule has 2 aliphatic carbocycles. The Morgan fingerprint density at radius 2 is 0.958 bits per heavy atom. The summed E-state index contributed by atoms with van der Waals surface area (Å²) in [5.74, 6) is 0.171. The van der Waals surface area contributed by atoms with Crippen LogP contribution in [0.15, 0.2) is 146 Å². The van der Waals surface area contributed by atoms with Gasteiger partial charge in [-0.2, -0.15) is 0 Å². The number of hydrogen-bond donors (Lipinski definition) is 0. The predicted octanol–water partition coefficient (Wildman–Crippen LogP) is 12.4. The number of para-hydroxylation sites is 2. The molecule has 3 aliphatic rings. The van der Waals surface area contributed by atoms with Crippen LogP contribution in [0.25, 0.3) is 33.0 Å². The van der Waals surface area contributed by atoms with Crippen molar-refractivity contribution in [1.29, 1.82) is 0 Å². The minimum atomic E-state index is -0.165. The van der Waals surface area contributed by atoms with Gasteiger partial charge in [0.25, 0.3) is 0 Å². The van der Waals surface area contributed by atoms with Crippen LogP contribution < -0.4 is 4.90 Å². The fourth-order valence-corrected chi connectivity index (χ4v) is 9.37. The van der Waals surface area contributed by atoms with Crippen molar-refractivity contribution < 1.29 is 0 Å². The van der Waals surface area contributed by atoms with Gasteiger partial charge in [0.15, 0.2) is 0 Å². The monoisotopic (exact) mass is 615 g/mol. The van der Waals surface area contributed by atoms with Gasteiger partial charge in [0.1, 0.15) is 0 Å². The number of nitrogens with zero attached hydrogens (tertiary/aromatic N) is 1. The van der Waals surface area contributed by atoms with Crippen molar-refractivity contribution in [3.8, 4) is 22.3 Å². The van der Waals surface area contributed by atoms with Gasteiger partial charge in [-0.1, -0.05) is 143 Å². The maximum absolute atomic E-state index is 2.55. The molecule has 0 aromatic heterocycles. The molecule has 7 aromatic carbocycles. The smallest absolute Gasteiger partial charge is 0.0543 e. The number of benzene rings is 7.